The SMILES string of the molecule is CO[C@@H](CC/C=C\CCCCC(=O)CCCCCCC(=O)CC/C=C\CCCCCCO[C@@H]1O[C@H](C(=O)[O-])[C@@H](O)[C@H](O)[C@H]1O)C(=O)NCCc1ccc(O)cc1. The second kappa shape index (κ2) is 29.7. The second-order valence-corrected chi connectivity index (χ2v) is 14.5. The van der Waals surface area contributed by atoms with E-state index in [-0.39, 0.29) is 24.0 Å². The number of amides is 1. The number of aliphatic carboxylic acids is 1. The molecule has 56 heavy (non-hydrogen) atoms. The molecule has 0 radical (unpaired) electrons. The zero-order valence-electron chi connectivity index (χ0n) is 33.2. The number of benzene rings is 1. The number of carbonyl (C=O) groups excluding carboxylic acids is 4. The van der Waals surface area contributed by atoms with Gasteiger partial charge in [-0.2, -0.15) is 0 Å². The smallest absolute Gasteiger partial charge is 0.249 e. The summed E-state index contributed by atoms with van der Waals surface area (Å²) in [4.78, 5) is 47.9. The van der Waals surface area contributed by atoms with E-state index in [9.17, 15) is 44.7 Å². The van der Waals surface area contributed by atoms with Crippen LogP contribution < -0.4 is 10.4 Å². The molecule has 1 fully saturated rings. The van der Waals surface area contributed by atoms with Crippen molar-refractivity contribution in [2.24, 2.45) is 0 Å². The molecule has 1 heterocycles. The lowest BCUT2D eigenvalue weighted by molar-refractivity contribution is -0.349. The molecule has 1 aromatic rings. The molecule has 1 aliphatic heterocycles. The maximum absolute atomic E-state index is 12.4. The molecule has 1 amide bonds. The van der Waals surface area contributed by atoms with Gasteiger partial charge in [0, 0.05) is 45.9 Å². The van der Waals surface area contributed by atoms with Crippen molar-refractivity contribution in [3.63, 3.8) is 0 Å². The normalized spacial score (nSPS) is 20.4. The molecule has 316 valence electrons. The van der Waals surface area contributed by atoms with Crippen LogP contribution >= 0.6 is 0 Å². The van der Waals surface area contributed by atoms with Crippen LogP contribution in [0.4, 0.5) is 0 Å². The van der Waals surface area contributed by atoms with Gasteiger partial charge in [0.15, 0.2) is 6.29 Å². The van der Waals surface area contributed by atoms with Crippen LogP contribution in [0.3, 0.4) is 0 Å². The quantitative estimate of drug-likeness (QED) is 0.0511. The Morgan fingerprint density at radius 3 is 1.93 bits per heavy atom. The average molecular weight is 789 g/mol. The fraction of sp³-hybridized carbons (Fsp3) is 0.674. The fourth-order valence-corrected chi connectivity index (χ4v) is 6.36. The highest BCUT2D eigenvalue weighted by atomic mass is 16.7. The predicted octanol–water partition coefficient (Wildman–Crippen LogP) is 4.30. The Bertz CT molecular complexity index is 1320. The second-order valence-electron chi connectivity index (χ2n) is 14.5. The molecular weight excluding hydrogens is 722 g/mol. The van der Waals surface area contributed by atoms with Gasteiger partial charge in [-0.05, 0) is 94.7 Å². The third-order valence-electron chi connectivity index (χ3n) is 9.83. The molecule has 6 atom stereocenters. The van der Waals surface area contributed by atoms with Gasteiger partial charge in [0.2, 0.25) is 5.91 Å². The summed E-state index contributed by atoms with van der Waals surface area (Å²) in [6.07, 6.45) is 15.4. The zero-order chi connectivity index (χ0) is 41.0. The highest BCUT2D eigenvalue weighted by Crippen LogP contribution is 2.22. The summed E-state index contributed by atoms with van der Waals surface area (Å²) in [6, 6.07) is 6.93. The largest absolute Gasteiger partial charge is 0.547 e. The van der Waals surface area contributed by atoms with Crippen molar-refractivity contribution in [1.82, 2.24) is 5.32 Å². The van der Waals surface area contributed by atoms with Crippen molar-refractivity contribution >= 4 is 23.4 Å². The molecule has 1 aromatic carbocycles. The van der Waals surface area contributed by atoms with Gasteiger partial charge in [0.25, 0.3) is 0 Å². The van der Waals surface area contributed by atoms with E-state index in [1.54, 1.807) is 19.2 Å². The van der Waals surface area contributed by atoms with E-state index in [4.69, 9.17) is 14.2 Å². The molecule has 0 spiro atoms. The van der Waals surface area contributed by atoms with E-state index < -0.39 is 42.8 Å². The molecule has 5 N–H and O–H groups in total. The first kappa shape index (κ1) is 48.7. The van der Waals surface area contributed by atoms with Crippen molar-refractivity contribution in [1.29, 1.82) is 0 Å². The number of aliphatic hydroxyl groups is 3. The number of Topliss-reactive ketones (excluding diaryl/α,β-unsaturated/α-hetero) is 2. The number of aliphatic hydroxyl groups excluding tert-OH is 3. The number of nitrogens with one attached hydrogen (secondary N) is 1. The van der Waals surface area contributed by atoms with E-state index in [1.165, 1.54) is 0 Å². The van der Waals surface area contributed by atoms with Gasteiger partial charge in [0.1, 0.15) is 47.8 Å². The van der Waals surface area contributed by atoms with Crippen LogP contribution in [0, 0.1) is 0 Å². The van der Waals surface area contributed by atoms with E-state index in [0.717, 1.165) is 89.0 Å². The van der Waals surface area contributed by atoms with Gasteiger partial charge in [-0.15, -0.1) is 0 Å². The molecule has 0 unspecified atom stereocenters. The van der Waals surface area contributed by atoms with Crippen molar-refractivity contribution in [2.45, 2.75) is 165 Å². The van der Waals surface area contributed by atoms with Crippen LogP contribution in [0.1, 0.15) is 128 Å². The van der Waals surface area contributed by atoms with Gasteiger partial charge in [-0.1, -0.05) is 62.1 Å². The Morgan fingerprint density at radius 2 is 1.29 bits per heavy atom. The number of unbranched alkanes of at least 4 members (excludes halogenated alkanes) is 9. The lowest BCUT2D eigenvalue weighted by Crippen LogP contribution is -2.62. The Balaban J connectivity index is 1.35. The third kappa shape index (κ3) is 21.2. The third-order valence-corrected chi connectivity index (χ3v) is 9.83. The summed E-state index contributed by atoms with van der Waals surface area (Å²) in [5.41, 5.74) is 1.04. The lowest BCUT2D eigenvalue weighted by atomic mass is 9.99. The first-order valence-corrected chi connectivity index (χ1v) is 20.5. The number of methoxy groups -OCH3 is 1. The maximum atomic E-state index is 12.4. The van der Waals surface area contributed by atoms with E-state index in [0.29, 0.717) is 57.3 Å². The molecule has 1 aliphatic rings. The van der Waals surface area contributed by atoms with Gasteiger partial charge in [-0.25, -0.2) is 0 Å². The number of carboxylic acid groups (broad SMARTS) is 1. The van der Waals surface area contributed by atoms with Crippen LogP contribution in [0.15, 0.2) is 48.6 Å². The highest BCUT2D eigenvalue weighted by Gasteiger charge is 2.44. The molecule has 1 saturated heterocycles. The Kier molecular flexibility index (Phi) is 25.9. The maximum Gasteiger partial charge on any atom is 0.249 e. The van der Waals surface area contributed by atoms with E-state index in [1.807, 2.05) is 18.2 Å². The monoisotopic (exact) mass is 788 g/mol. The van der Waals surface area contributed by atoms with Crippen LogP contribution in [0.25, 0.3) is 0 Å². The zero-order valence-corrected chi connectivity index (χ0v) is 33.2. The molecule has 0 aliphatic carbocycles. The minimum Gasteiger partial charge on any atom is -0.547 e. The van der Waals surface area contributed by atoms with Crippen molar-refractivity contribution in [2.75, 3.05) is 20.3 Å². The first-order chi connectivity index (χ1) is 27.0. The van der Waals surface area contributed by atoms with Crippen LogP contribution in [0.5, 0.6) is 5.75 Å². The van der Waals surface area contributed by atoms with E-state index in [2.05, 4.69) is 23.5 Å². The number of ketones is 2. The number of hydrogen-bond acceptors (Lipinski definition) is 12. The Hall–Kier alpha value is -3.46. The van der Waals surface area contributed by atoms with E-state index >= 15 is 0 Å². The van der Waals surface area contributed by atoms with Crippen molar-refractivity contribution < 1.29 is 58.9 Å². The van der Waals surface area contributed by atoms with Gasteiger partial charge >= 0.3 is 0 Å². The number of ether oxygens (including phenoxy) is 3. The fourth-order valence-electron chi connectivity index (χ4n) is 6.36. The number of carbonyl (C=O) groups is 4. The topological polar surface area (TPSA) is 212 Å². The summed E-state index contributed by atoms with van der Waals surface area (Å²) < 4.78 is 15.8. The van der Waals surface area contributed by atoms with Crippen LogP contribution in [-0.4, -0.2) is 101 Å². The first-order valence-electron chi connectivity index (χ1n) is 20.5. The summed E-state index contributed by atoms with van der Waals surface area (Å²) in [7, 11) is 1.54. The molecule has 13 nitrogen and oxygen atoms in total. The molecule has 0 saturated carbocycles. The minimum atomic E-state index is -1.79. The molecule has 0 aromatic heterocycles. The van der Waals surface area contributed by atoms with Gasteiger partial charge in [0.05, 0.1) is 5.97 Å². The van der Waals surface area contributed by atoms with Crippen molar-refractivity contribution in [3.05, 3.63) is 54.1 Å². The number of phenols is 1. The van der Waals surface area contributed by atoms with Crippen LogP contribution in [0.2, 0.25) is 0 Å². The Labute approximate surface area is 332 Å². The van der Waals surface area contributed by atoms with Gasteiger partial charge in [-0.3, -0.25) is 14.4 Å². The molecule has 2 rings (SSSR count). The van der Waals surface area contributed by atoms with Gasteiger partial charge < -0.3 is 49.9 Å². The Morgan fingerprint density at radius 1 is 0.732 bits per heavy atom. The number of allylic oxidation sites excluding steroid dienone is 4. The average Bonchev–Trinajstić information content (AvgIpc) is 3.18. The summed E-state index contributed by atoms with van der Waals surface area (Å²) >= 11 is 0. The summed E-state index contributed by atoms with van der Waals surface area (Å²) in [5.74, 6) is -1.03. The lowest BCUT2D eigenvalue weighted by Gasteiger charge is -2.40. The number of aromatic hydroxyl groups is 1. The van der Waals surface area contributed by atoms with Crippen molar-refractivity contribution in [3.8, 4) is 5.75 Å². The highest BCUT2D eigenvalue weighted by molar-refractivity contribution is 5.80. The predicted molar refractivity (Wildman–Crippen MR) is 209 cm³/mol. The number of carboxylic acids is 1. The number of phenolic OH excluding ortho intramolecular Hbond substituents is 1. The summed E-state index contributed by atoms with van der Waals surface area (Å²) in [5, 5.41) is 52.8. The number of rotatable bonds is 32. The molecule has 0 bridgehead atoms. The minimum absolute atomic E-state index is 0.126. The molecule has 13 heteroatoms. The van der Waals surface area contributed by atoms with Crippen LogP contribution in [-0.2, 0) is 39.8 Å². The number of hydrogen-bond donors (Lipinski definition) is 5. The standard InChI is InChI=1S/C43H67NO12/c1-54-36(41(51)44-30-29-32-25-27-35(47)28-26-32)24-18-10-6-5-9-15-21-34(46)23-17-12-11-16-22-33(45)20-14-8-4-2-3-7-13-19-31-55-43-39(50)37(48)38(49)40(56-43)42(52)53/h4,6,8,10,25-28,36-40,43,47-50H,2-3,5,7,9,11-24,29-31H2,1H3,(H,44,51)(H,52,53)/p-1/b8-4-,10-6-/t36-,37-,38-,39+,40-,43+/m0/s1. The summed E-state index contributed by atoms with van der Waals surface area (Å²) in [6.45, 7) is 0.707. The molecular formula is C43H66NO12-.